The third-order valence-corrected chi connectivity index (χ3v) is 8.64. The Morgan fingerprint density at radius 2 is 1.19 bits per heavy atom. The first-order chi connectivity index (χ1) is 25.3. The standard InChI is InChI=1S/C35H38N12O6/c1-6-46-18(3)12-24(42-46)32(51)40-34-38-22-14-20(30(36)49)16-26(48)28(22)44(34)10-8-9-11-45-29-23(15-21(31(37)50)17-27(29)53-5)39-35(45)41-33(52)25-13-19(4)47(7-2)43-25/h8-9,12-17,48H,6-7,10-11H2,1-5H3,(H2,36,49)(H2,37,50)(H,38,40,51)(H,39,41,52)/b9-8+. The van der Waals surface area contributed by atoms with Gasteiger partial charge in [-0.3, -0.25) is 39.2 Å². The number of phenolic OH excluding ortho intramolecular Hbond substituents is 1. The van der Waals surface area contributed by atoms with E-state index in [9.17, 15) is 24.3 Å². The van der Waals surface area contributed by atoms with Crippen LogP contribution in [-0.4, -0.2) is 74.5 Å². The van der Waals surface area contributed by atoms with E-state index in [1.807, 2.05) is 27.7 Å². The maximum absolute atomic E-state index is 13.4. The molecule has 4 aromatic heterocycles. The summed E-state index contributed by atoms with van der Waals surface area (Å²) in [6.45, 7) is 8.90. The molecule has 0 bridgehead atoms. The molecule has 53 heavy (non-hydrogen) atoms. The lowest BCUT2D eigenvalue weighted by Gasteiger charge is -2.11. The number of aromatic nitrogens is 8. The van der Waals surface area contributed by atoms with Crippen LogP contribution in [0.2, 0.25) is 0 Å². The highest BCUT2D eigenvalue weighted by Crippen LogP contribution is 2.32. The second-order valence-corrected chi connectivity index (χ2v) is 12.1. The van der Waals surface area contributed by atoms with E-state index in [0.717, 1.165) is 11.4 Å². The molecular weight excluding hydrogens is 684 g/mol. The quantitative estimate of drug-likeness (QED) is 0.109. The number of amides is 4. The molecule has 18 nitrogen and oxygen atoms in total. The number of rotatable bonds is 13. The fourth-order valence-corrected chi connectivity index (χ4v) is 6.04. The number of phenols is 1. The van der Waals surface area contributed by atoms with Crippen molar-refractivity contribution in [1.29, 1.82) is 0 Å². The van der Waals surface area contributed by atoms with Crippen molar-refractivity contribution in [2.45, 2.75) is 53.9 Å². The van der Waals surface area contributed by atoms with Gasteiger partial charge in [-0.1, -0.05) is 12.2 Å². The summed E-state index contributed by atoms with van der Waals surface area (Å²) >= 11 is 0. The molecule has 7 N–H and O–H groups in total. The lowest BCUT2D eigenvalue weighted by Crippen LogP contribution is -2.17. The zero-order valence-electron chi connectivity index (χ0n) is 29.7. The first kappa shape index (κ1) is 35.8. The van der Waals surface area contributed by atoms with Gasteiger partial charge in [-0.25, -0.2) is 9.97 Å². The molecule has 0 radical (unpaired) electrons. The molecule has 0 saturated heterocycles. The third-order valence-electron chi connectivity index (χ3n) is 8.64. The highest BCUT2D eigenvalue weighted by molar-refractivity contribution is 6.05. The molecule has 18 heteroatoms. The van der Waals surface area contributed by atoms with Crippen molar-refractivity contribution in [2.75, 3.05) is 17.7 Å². The number of aromatic hydroxyl groups is 1. The van der Waals surface area contributed by atoms with Gasteiger partial charge >= 0.3 is 0 Å². The van der Waals surface area contributed by atoms with Crippen LogP contribution in [0.4, 0.5) is 11.9 Å². The van der Waals surface area contributed by atoms with Crippen LogP contribution in [0.25, 0.3) is 22.1 Å². The molecule has 6 aromatic rings. The number of hydrogen-bond acceptors (Lipinski definition) is 10. The topological polar surface area (TPSA) is 245 Å². The Bertz CT molecular complexity index is 2470. The predicted octanol–water partition coefficient (Wildman–Crippen LogP) is 3.11. The second-order valence-electron chi connectivity index (χ2n) is 12.1. The van der Waals surface area contributed by atoms with Crippen molar-refractivity contribution < 1.29 is 29.0 Å². The molecule has 0 atom stereocenters. The van der Waals surface area contributed by atoms with E-state index in [-0.39, 0.29) is 64.3 Å². The second kappa shape index (κ2) is 14.3. The van der Waals surface area contributed by atoms with Gasteiger partial charge in [0.1, 0.15) is 22.5 Å². The third kappa shape index (κ3) is 6.88. The number of aryl methyl sites for hydroxylation is 4. The Balaban J connectivity index is 1.36. The number of nitrogens with zero attached hydrogens (tertiary/aromatic N) is 8. The Labute approximate surface area is 302 Å². The zero-order valence-corrected chi connectivity index (χ0v) is 29.7. The molecule has 0 aliphatic rings. The molecule has 0 spiro atoms. The monoisotopic (exact) mass is 722 g/mol. The van der Waals surface area contributed by atoms with Gasteiger partial charge in [0.05, 0.1) is 18.1 Å². The summed E-state index contributed by atoms with van der Waals surface area (Å²) in [4.78, 5) is 59.8. The molecule has 2 aromatic carbocycles. The van der Waals surface area contributed by atoms with E-state index >= 15 is 0 Å². The van der Waals surface area contributed by atoms with Crippen molar-refractivity contribution in [3.8, 4) is 11.5 Å². The van der Waals surface area contributed by atoms with Gasteiger partial charge in [-0.2, -0.15) is 10.2 Å². The van der Waals surface area contributed by atoms with Crippen molar-refractivity contribution >= 4 is 57.6 Å². The Morgan fingerprint density at radius 3 is 1.62 bits per heavy atom. The molecule has 0 saturated carbocycles. The largest absolute Gasteiger partial charge is 0.506 e. The van der Waals surface area contributed by atoms with Crippen LogP contribution in [0.3, 0.4) is 0 Å². The Kier molecular flexibility index (Phi) is 9.69. The number of methoxy groups -OCH3 is 1. The summed E-state index contributed by atoms with van der Waals surface area (Å²) in [6.07, 6.45) is 3.52. The summed E-state index contributed by atoms with van der Waals surface area (Å²) in [5.74, 6) is -2.20. The lowest BCUT2D eigenvalue weighted by atomic mass is 10.1. The number of carbonyl (C=O) groups excluding carboxylic acids is 4. The zero-order chi connectivity index (χ0) is 38.1. The van der Waals surface area contributed by atoms with Crippen LogP contribution >= 0.6 is 0 Å². The number of anilines is 2. The van der Waals surface area contributed by atoms with Crippen molar-refractivity contribution in [2.24, 2.45) is 11.5 Å². The predicted molar refractivity (Wildman–Crippen MR) is 195 cm³/mol. The van der Waals surface area contributed by atoms with Gasteiger partial charge in [-0.05, 0) is 64.1 Å². The minimum Gasteiger partial charge on any atom is -0.506 e. The van der Waals surface area contributed by atoms with Crippen LogP contribution in [0, 0.1) is 13.8 Å². The minimum absolute atomic E-state index is 0.0389. The van der Waals surface area contributed by atoms with Gasteiger partial charge in [-0.15, -0.1) is 0 Å². The highest BCUT2D eigenvalue weighted by Gasteiger charge is 2.22. The van der Waals surface area contributed by atoms with Crippen molar-refractivity contribution in [3.63, 3.8) is 0 Å². The molecule has 0 aliphatic carbocycles. The SMILES string of the molecule is CCn1nc(C(=O)Nc2nc3cc(C(N)=O)cc(O)c3n2C/C=C/Cn2c(NC(=O)c3cc(C)n(CC)n3)nc3cc(C(N)=O)cc(OC)c32)cc1C. The van der Waals surface area contributed by atoms with Crippen LogP contribution in [0.15, 0.2) is 48.6 Å². The summed E-state index contributed by atoms with van der Waals surface area (Å²) in [5, 5.41) is 25.3. The number of hydrogen-bond donors (Lipinski definition) is 5. The molecule has 4 amide bonds. The summed E-state index contributed by atoms with van der Waals surface area (Å²) in [7, 11) is 1.44. The summed E-state index contributed by atoms with van der Waals surface area (Å²) in [5.41, 5.74) is 14.5. The van der Waals surface area contributed by atoms with E-state index < -0.39 is 23.6 Å². The molecule has 0 aliphatic heterocycles. The Morgan fingerprint density at radius 1 is 0.736 bits per heavy atom. The van der Waals surface area contributed by atoms with Gasteiger partial charge in [0, 0.05) is 48.7 Å². The van der Waals surface area contributed by atoms with Crippen LogP contribution < -0.4 is 26.8 Å². The maximum atomic E-state index is 13.4. The molecule has 6 rings (SSSR count). The normalized spacial score (nSPS) is 11.5. The van der Waals surface area contributed by atoms with E-state index in [2.05, 4.69) is 30.8 Å². The van der Waals surface area contributed by atoms with E-state index in [0.29, 0.717) is 29.9 Å². The van der Waals surface area contributed by atoms with Crippen LogP contribution in [0.1, 0.15) is 66.9 Å². The lowest BCUT2D eigenvalue weighted by molar-refractivity contribution is 0.0991. The number of primary amides is 2. The van der Waals surface area contributed by atoms with E-state index in [1.165, 1.54) is 31.4 Å². The number of imidazole rings is 2. The van der Waals surface area contributed by atoms with Crippen molar-refractivity contribution in [3.05, 3.63) is 82.5 Å². The fraction of sp³-hybridized carbons (Fsp3) is 0.257. The molecule has 0 unspecified atom stereocenters. The van der Waals surface area contributed by atoms with Crippen molar-refractivity contribution in [1.82, 2.24) is 38.7 Å². The van der Waals surface area contributed by atoms with Crippen LogP contribution in [0.5, 0.6) is 11.5 Å². The number of benzene rings is 2. The Hall–Kier alpha value is -6.98. The number of nitrogens with two attached hydrogens (primary N) is 2. The molecule has 0 fully saturated rings. The van der Waals surface area contributed by atoms with Gasteiger partial charge in [0.25, 0.3) is 11.8 Å². The maximum Gasteiger partial charge on any atom is 0.278 e. The molecule has 4 heterocycles. The van der Waals surface area contributed by atoms with Gasteiger partial charge < -0.3 is 30.4 Å². The molecule has 274 valence electrons. The van der Waals surface area contributed by atoms with Crippen LogP contribution in [-0.2, 0) is 26.2 Å². The summed E-state index contributed by atoms with van der Waals surface area (Å²) < 4.78 is 12.2. The minimum atomic E-state index is -0.759. The fourth-order valence-electron chi connectivity index (χ4n) is 6.04. The average molecular weight is 723 g/mol. The highest BCUT2D eigenvalue weighted by atomic mass is 16.5. The number of allylic oxidation sites excluding steroid dienone is 2. The number of carbonyl (C=O) groups is 4. The first-order valence-corrected chi connectivity index (χ1v) is 16.6. The summed E-state index contributed by atoms with van der Waals surface area (Å²) in [6, 6.07) is 8.97. The number of fused-ring (bicyclic) bond motifs is 2. The van der Waals surface area contributed by atoms with Gasteiger partial charge in [0.2, 0.25) is 23.7 Å². The first-order valence-electron chi connectivity index (χ1n) is 16.6. The molecular formula is C35H38N12O6. The van der Waals surface area contributed by atoms with E-state index in [4.69, 9.17) is 16.2 Å². The number of ether oxygens (including phenoxy) is 1. The van der Waals surface area contributed by atoms with E-state index in [1.54, 1.807) is 42.8 Å². The average Bonchev–Trinajstić information content (AvgIpc) is 3.88. The number of nitrogens with one attached hydrogen (secondary N) is 2. The van der Waals surface area contributed by atoms with Gasteiger partial charge in [0.15, 0.2) is 11.4 Å². The smallest absolute Gasteiger partial charge is 0.278 e.